The zero-order valence-corrected chi connectivity index (χ0v) is 22.7. The summed E-state index contributed by atoms with van der Waals surface area (Å²) >= 11 is 5.84. The van der Waals surface area contributed by atoms with E-state index in [9.17, 15) is 49.5 Å². The standard InChI is InChI=1S/C24H23ClF6N4O5S/c1-41(39,40)33-19(15-3-2-4-16(11-15)23(26,27)28)10-9-18(36)12-35-22(38)34(13-20(37)24(29,30)31)21(32-35)14-5-7-17(25)8-6-14/h2-8,11,19-20,33,37H,9-10,12-13H2,1H3/t19?,20-/m0/s1. The van der Waals surface area contributed by atoms with Gasteiger partial charge >= 0.3 is 18.0 Å². The van der Waals surface area contributed by atoms with Gasteiger partial charge in [0.05, 0.1) is 18.4 Å². The quantitative estimate of drug-likeness (QED) is 0.310. The molecule has 3 rings (SSSR count). The van der Waals surface area contributed by atoms with E-state index in [1.54, 1.807) is 0 Å². The highest BCUT2D eigenvalue weighted by atomic mass is 35.5. The van der Waals surface area contributed by atoms with E-state index in [4.69, 9.17) is 11.6 Å². The van der Waals surface area contributed by atoms with Gasteiger partial charge in [0.1, 0.15) is 6.54 Å². The molecule has 0 aliphatic carbocycles. The van der Waals surface area contributed by atoms with Crippen molar-refractivity contribution < 1.29 is 44.7 Å². The number of sulfonamides is 1. The van der Waals surface area contributed by atoms with Crippen LogP contribution in [-0.2, 0) is 34.1 Å². The van der Waals surface area contributed by atoms with E-state index in [2.05, 4.69) is 9.82 Å². The first-order valence-electron chi connectivity index (χ1n) is 11.7. The monoisotopic (exact) mass is 628 g/mol. The number of carbonyl (C=O) groups is 1. The molecule has 0 aliphatic heterocycles. The van der Waals surface area contributed by atoms with Crippen molar-refractivity contribution in [3.63, 3.8) is 0 Å². The molecule has 224 valence electrons. The normalized spacial score (nSPS) is 14.2. The predicted octanol–water partition coefficient (Wildman–Crippen LogP) is 3.95. The molecule has 2 N–H and O–H groups in total. The Morgan fingerprint density at radius 2 is 1.73 bits per heavy atom. The van der Waals surface area contributed by atoms with Gasteiger partial charge in [0, 0.05) is 23.0 Å². The van der Waals surface area contributed by atoms with E-state index in [0.717, 1.165) is 24.5 Å². The second kappa shape index (κ2) is 12.3. The summed E-state index contributed by atoms with van der Waals surface area (Å²) in [5.74, 6) is -1.01. The molecule has 2 aromatic carbocycles. The van der Waals surface area contributed by atoms with Crippen LogP contribution in [0.2, 0.25) is 5.02 Å². The summed E-state index contributed by atoms with van der Waals surface area (Å²) in [6.07, 6.45) is -12.6. The number of halogens is 7. The number of aliphatic hydroxyl groups is 1. The summed E-state index contributed by atoms with van der Waals surface area (Å²) < 4.78 is 106. The summed E-state index contributed by atoms with van der Waals surface area (Å²) in [5, 5.41) is 13.8. The number of nitrogens with zero attached hydrogens (tertiary/aromatic N) is 3. The molecule has 0 saturated carbocycles. The molecule has 9 nitrogen and oxygen atoms in total. The van der Waals surface area contributed by atoms with Crippen molar-refractivity contribution in [1.29, 1.82) is 0 Å². The van der Waals surface area contributed by atoms with Crippen molar-refractivity contribution in [2.24, 2.45) is 0 Å². The summed E-state index contributed by atoms with van der Waals surface area (Å²) in [6.45, 7) is -1.97. The van der Waals surface area contributed by atoms with E-state index in [0.29, 0.717) is 9.25 Å². The van der Waals surface area contributed by atoms with Crippen molar-refractivity contribution in [2.45, 2.75) is 50.4 Å². The zero-order chi connectivity index (χ0) is 30.8. The van der Waals surface area contributed by atoms with Gasteiger partial charge in [-0.15, -0.1) is 5.10 Å². The Balaban J connectivity index is 1.87. The minimum atomic E-state index is -5.06. The molecule has 1 aromatic heterocycles. The van der Waals surface area contributed by atoms with Crippen molar-refractivity contribution in [1.82, 2.24) is 19.1 Å². The molecular formula is C24H23ClF6N4O5S. The van der Waals surface area contributed by atoms with Crippen molar-refractivity contribution in [3.8, 4) is 11.4 Å². The largest absolute Gasteiger partial charge is 0.416 e. The van der Waals surface area contributed by atoms with Crippen molar-refractivity contribution in [3.05, 3.63) is 75.2 Å². The summed E-state index contributed by atoms with van der Waals surface area (Å²) in [5.41, 5.74) is -2.08. The number of alkyl halides is 6. The molecule has 41 heavy (non-hydrogen) atoms. The fourth-order valence-corrected chi connectivity index (χ4v) is 4.73. The maximum Gasteiger partial charge on any atom is 0.416 e. The van der Waals surface area contributed by atoms with Gasteiger partial charge in [0.15, 0.2) is 17.7 Å². The van der Waals surface area contributed by atoms with Crippen LogP contribution >= 0.6 is 11.6 Å². The van der Waals surface area contributed by atoms with Crippen LogP contribution in [0, 0.1) is 0 Å². The highest BCUT2D eigenvalue weighted by Crippen LogP contribution is 2.32. The summed E-state index contributed by atoms with van der Waals surface area (Å²) in [7, 11) is -3.93. The van der Waals surface area contributed by atoms with Crippen molar-refractivity contribution >= 4 is 27.4 Å². The molecule has 1 heterocycles. The smallest absolute Gasteiger partial charge is 0.382 e. The average Bonchev–Trinajstić information content (AvgIpc) is 3.15. The third-order valence-electron chi connectivity index (χ3n) is 5.77. The molecule has 3 aromatic rings. The van der Waals surface area contributed by atoms with Gasteiger partial charge in [-0.05, 0) is 48.4 Å². The fraction of sp³-hybridized carbons (Fsp3) is 0.375. The molecule has 0 bridgehead atoms. The SMILES string of the molecule is CS(=O)(=O)NC(CCC(=O)Cn1nc(-c2ccc(Cl)cc2)n(C[C@H](O)C(F)(F)F)c1=O)c1cccc(C(F)(F)F)c1. The Bertz CT molecular complexity index is 1550. The van der Waals surface area contributed by atoms with Crippen LogP contribution < -0.4 is 10.4 Å². The first-order valence-corrected chi connectivity index (χ1v) is 14.0. The van der Waals surface area contributed by atoms with Crippen molar-refractivity contribution in [2.75, 3.05) is 6.26 Å². The summed E-state index contributed by atoms with van der Waals surface area (Å²) in [6, 6.07) is 8.13. The van der Waals surface area contributed by atoms with Crippen LogP contribution in [0.5, 0.6) is 0 Å². The summed E-state index contributed by atoms with van der Waals surface area (Å²) in [4.78, 5) is 25.7. The maximum atomic E-state index is 13.2. The number of hydrogen-bond donors (Lipinski definition) is 2. The lowest BCUT2D eigenvalue weighted by Crippen LogP contribution is -2.37. The molecule has 17 heteroatoms. The van der Waals surface area contributed by atoms with Crippen LogP contribution in [0.3, 0.4) is 0 Å². The first-order chi connectivity index (χ1) is 18.8. The Morgan fingerprint density at radius 3 is 2.29 bits per heavy atom. The number of rotatable bonds is 11. The molecule has 1 unspecified atom stereocenters. The van der Waals surface area contributed by atoms with Crippen LogP contribution in [-0.4, -0.2) is 52.2 Å². The lowest BCUT2D eigenvalue weighted by atomic mass is 9.99. The first kappa shape index (κ1) is 32.3. The molecule has 0 aliphatic rings. The zero-order valence-electron chi connectivity index (χ0n) is 21.1. The van der Waals surface area contributed by atoms with E-state index in [1.165, 1.54) is 30.3 Å². The second-order valence-electron chi connectivity index (χ2n) is 9.08. The lowest BCUT2D eigenvalue weighted by molar-refractivity contribution is -0.207. The molecule has 0 spiro atoms. The van der Waals surface area contributed by atoms with Crippen LogP contribution in [0.15, 0.2) is 53.3 Å². The lowest BCUT2D eigenvalue weighted by Gasteiger charge is -2.19. The van der Waals surface area contributed by atoms with Gasteiger partial charge in [-0.2, -0.15) is 26.3 Å². The third-order valence-corrected chi connectivity index (χ3v) is 6.73. The molecule has 2 atom stereocenters. The number of hydrogen-bond acceptors (Lipinski definition) is 6. The predicted molar refractivity (Wildman–Crippen MR) is 135 cm³/mol. The molecule has 0 fully saturated rings. The van der Waals surface area contributed by atoms with Crippen LogP contribution in [0.4, 0.5) is 26.3 Å². The number of ketones is 1. The highest BCUT2D eigenvalue weighted by molar-refractivity contribution is 7.88. The number of aliphatic hydroxyl groups excluding tert-OH is 1. The van der Waals surface area contributed by atoms with E-state index >= 15 is 0 Å². The number of aromatic nitrogens is 3. The van der Waals surface area contributed by atoms with Gasteiger partial charge in [0.25, 0.3) is 0 Å². The average molecular weight is 629 g/mol. The Morgan fingerprint density at radius 1 is 1.10 bits per heavy atom. The second-order valence-corrected chi connectivity index (χ2v) is 11.3. The molecular weight excluding hydrogens is 606 g/mol. The Kier molecular flexibility index (Phi) is 9.73. The van der Waals surface area contributed by atoms with Gasteiger partial charge < -0.3 is 5.11 Å². The van der Waals surface area contributed by atoms with E-state index in [-0.39, 0.29) is 28.4 Å². The fourth-order valence-electron chi connectivity index (χ4n) is 3.83. The highest BCUT2D eigenvalue weighted by Gasteiger charge is 2.39. The number of Topliss-reactive ketones (excluding diaryl/α,β-unsaturated/α-hetero) is 1. The van der Waals surface area contributed by atoms with E-state index in [1.807, 2.05) is 0 Å². The van der Waals surface area contributed by atoms with Gasteiger partial charge in [-0.3, -0.25) is 9.36 Å². The van der Waals surface area contributed by atoms with E-state index < -0.39 is 71.1 Å². The Labute approximate surface area is 234 Å². The van der Waals surface area contributed by atoms with Crippen LogP contribution in [0.1, 0.15) is 30.0 Å². The minimum absolute atomic E-state index is 0.0642. The van der Waals surface area contributed by atoms with Crippen LogP contribution in [0.25, 0.3) is 11.4 Å². The van der Waals surface area contributed by atoms with Gasteiger partial charge in [-0.1, -0.05) is 23.7 Å². The maximum absolute atomic E-state index is 13.2. The molecule has 0 amide bonds. The molecule has 0 saturated heterocycles. The van der Waals surface area contributed by atoms with Gasteiger partial charge in [0.2, 0.25) is 10.0 Å². The number of carbonyl (C=O) groups excluding carboxylic acids is 1. The Hall–Kier alpha value is -3.21. The number of nitrogens with one attached hydrogen (secondary N) is 1. The third kappa shape index (κ3) is 8.89. The van der Waals surface area contributed by atoms with Gasteiger partial charge in [-0.25, -0.2) is 22.6 Å². The number of benzene rings is 2. The minimum Gasteiger partial charge on any atom is -0.382 e. The molecule has 0 radical (unpaired) electrons. The topological polar surface area (TPSA) is 123 Å².